The lowest BCUT2D eigenvalue weighted by molar-refractivity contribution is -0.126. The van der Waals surface area contributed by atoms with Crippen molar-refractivity contribution in [1.29, 1.82) is 0 Å². The number of nitrogens with one attached hydrogen (secondary N) is 1. The van der Waals surface area contributed by atoms with Crippen LogP contribution in [0.1, 0.15) is 12.0 Å². The Morgan fingerprint density at radius 1 is 1.17 bits per heavy atom. The Bertz CT molecular complexity index is 689. The SMILES string of the molecule is O=C1CNC(=O)N1C1CCN(S(=O)(=O)CCc2ccccc2)C1. The Morgan fingerprint density at radius 3 is 2.57 bits per heavy atom. The monoisotopic (exact) mass is 337 g/mol. The second-order valence-corrected chi connectivity index (χ2v) is 7.86. The molecule has 0 radical (unpaired) electrons. The highest BCUT2D eigenvalue weighted by molar-refractivity contribution is 7.89. The van der Waals surface area contributed by atoms with E-state index in [1.807, 2.05) is 30.3 Å². The van der Waals surface area contributed by atoms with Crippen LogP contribution in [0.5, 0.6) is 0 Å². The fourth-order valence-electron chi connectivity index (χ4n) is 3.00. The molecule has 1 aromatic carbocycles. The summed E-state index contributed by atoms with van der Waals surface area (Å²) in [5.41, 5.74) is 0.973. The molecular formula is C15H19N3O4S. The predicted octanol–water partition coefficient (Wildman–Crippen LogP) is 0.185. The van der Waals surface area contributed by atoms with Crippen molar-refractivity contribution in [2.45, 2.75) is 18.9 Å². The van der Waals surface area contributed by atoms with Gasteiger partial charge in [-0.25, -0.2) is 13.2 Å². The molecule has 8 heteroatoms. The van der Waals surface area contributed by atoms with Gasteiger partial charge in [-0.3, -0.25) is 9.69 Å². The van der Waals surface area contributed by atoms with Crippen LogP contribution in [0, 0.1) is 0 Å². The molecule has 0 aromatic heterocycles. The zero-order valence-electron chi connectivity index (χ0n) is 12.6. The first-order chi connectivity index (χ1) is 11.0. The topological polar surface area (TPSA) is 86.8 Å². The minimum Gasteiger partial charge on any atom is -0.329 e. The molecule has 1 aromatic rings. The van der Waals surface area contributed by atoms with E-state index < -0.39 is 16.1 Å². The highest BCUT2D eigenvalue weighted by Crippen LogP contribution is 2.21. The number of aryl methyl sites for hydroxylation is 1. The van der Waals surface area contributed by atoms with Gasteiger partial charge in [0.25, 0.3) is 0 Å². The van der Waals surface area contributed by atoms with E-state index >= 15 is 0 Å². The minimum atomic E-state index is -3.39. The van der Waals surface area contributed by atoms with Gasteiger partial charge in [0.05, 0.1) is 18.3 Å². The zero-order valence-corrected chi connectivity index (χ0v) is 13.5. The highest BCUT2D eigenvalue weighted by Gasteiger charge is 2.41. The van der Waals surface area contributed by atoms with E-state index in [0.29, 0.717) is 19.4 Å². The van der Waals surface area contributed by atoms with Crippen molar-refractivity contribution in [3.05, 3.63) is 35.9 Å². The van der Waals surface area contributed by atoms with Crippen LogP contribution in [-0.4, -0.2) is 61.0 Å². The molecule has 0 aliphatic carbocycles. The number of benzene rings is 1. The first-order valence-corrected chi connectivity index (χ1v) is 9.20. The molecule has 2 aliphatic rings. The third-order valence-corrected chi connectivity index (χ3v) is 6.09. The summed E-state index contributed by atoms with van der Waals surface area (Å²) >= 11 is 0. The van der Waals surface area contributed by atoms with Crippen LogP contribution < -0.4 is 5.32 Å². The van der Waals surface area contributed by atoms with Crippen LogP contribution in [0.2, 0.25) is 0 Å². The fraction of sp³-hybridized carbons (Fsp3) is 0.467. The lowest BCUT2D eigenvalue weighted by atomic mass is 10.2. The van der Waals surface area contributed by atoms with Crippen molar-refractivity contribution in [2.75, 3.05) is 25.4 Å². The van der Waals surface area contributed by atoms with E-state index in [-0.39, 0.29) is 30.8 Å². The average Bonchev–Trinajstić information content (AvgIpc) is 3.14. The van der Waals surface area contributed by atoms with Crippen molar-refractivity contribution in [3.63, 3.8) is 0 Å². The van der Waals surface area contributed by atoms with Crippen LogP contribution in [0.4, 0.5) is 4.79 Å². The summed E-state index contributed by atoms with van der Waals surface area (Å²) in [6.45, 7) is 0.533. The molecule has 23 heavy (non-hydrogen) atoms. The summed E-state index contributed by atoms with van der Waals surface area (Å²) in [5, 5.41) is 2.47. The number of amides is 3. The van der Waals surface area contributed by atoms with Gasteiger partial charge in [0.1, 0.15) is 0 Å². The largest absolute Gasteiger partial charge is 0.329 e. The molecule has 1 N–H and O–H groups in total. The van der Waals surface area contributed by atoms with E-state index in [2.05, 4.69) is 5.32 Å². The zero-order chi connectivity index (χ0) is 16.4. The maximum absolute atomic E-state index is 12.5. The van der Waals surface area contributed by atoms with Crippen LogP contribution in [0.25, 0.3) is 0 Å². The molecule has 2 saturated heterocycles. The summed E-state index contributed by atoms with van der Waals surface area (Å²) in [6, 6.07) is 8.66. The Hall–Kier alpha value is -1.93. The van der Waals surface area contributed by atoms with Crippen LogP contribution in [0.15, 0.2) is 30.3 Å². The van der Waals surface area contributed by atoms with Gasteiger partial charge in [-0.1, -0.05) is 30.3 Å². The number of carbonyl (C=O) groups excluding carboxylic acids is 2. The quantitative estimate of drug-likeness (QED) is 0.777. The average molecular weight is 337 g/mol. The van der Waals surface area contributed by atoms with Crippen LogP contribution in [-0.2, 0) is 21.2 Å². The molecular weight excluding hydrogens is 318 g/mol. The van der Waals surface area contributed by atoms with Crippen molar-refractivity contribution in [1.82, 2.24) is 14.5 Å². The van der Waals surface area contributed by atoms with Gasteiger partial charge in [-0.05, 0) is 18.4 Å². The van der Waals surface area contributed by atoms with Crippen molar-refractivity contribution in [3.8, 4) is 0 Å². The van der Waals surface area contributed by atoms with Crippen molar-refractivity contribution < 1.29 is 18.0 Å². The summed E-state index contributed by atoms with van der Waals surface area (Å²) in [6.07, 6.45) is 0.942. The number of hydrogen-bond donors (Lipinski definition) is 1. The van der Waals surface area contributed by atoms with Crippen molar-refractivity contribution in [2.24, 2.45) is 0 Å². The number of carbonyl (C=O) groups is 2. The Labute approximate surface area is 135 Å². The van der Waals surface area contributed by atoms with Gasteiger partial charge >= 0.3 is 6.03 Å². The van der Waals surface area contributed by atoms with E-state index in [4.69, 9.17) is 0 Å². The Morgan fingerprint density at radius 2 is 1.91 bits per heavy atom. The number of nitrogens with zero attached hydrogens (tertiary/aromatic N) is 2. The summed E-state index contributed by atoms with van der Waals surface area (Å²) in [4.78, 5) is 24.5. The number of hydrogen-bond acceptors (Lipinski definition) is 4. The predicted molar refractivity (Wildman–Crippen MR) is 84.2 cm³/mol. The van der Waals surface area contributed by atoms with E-state index in [0.717, 1.165) is 10.5 Å². The standard InChI is InChI=1S/C15H19N3O4S/c19-14-10-16-15(20)18(14)13-6-8-17(11-13)23(21,22)9-7-12-4-2-1-3-5-12/h1-5,13H,6-11H2,(H,16,20). The maximum atomic E-state index is 12.5. The molecule has 3 amide bonds. The lowest BCUT2D eigenvalue weighted by Crippen LogP contribution is -2.43. The molecule has 3 rings (SSSR count). The number of urea groups is 1. The van der Waals surface area contributed by atoms with Crippen LogP contribution >= 0.6 is 0 Å². The summed E-state index contributed by atoms with van der Waals surface area (Å²) in [5.74, 6) is -0.257. The first kappa shape index (κ1) is 15.9. The Kier molecular flexibility index (Phi) is 4.36. The molecule has 0 spiro atoms. The first-order valence-electron chi connectivity index (χ1n) is 7.59. The molecule has 2 heterocycles. The van der Waals surface area contributed by atoms with Gasteiger partial charge in [-0.2, -0.15) is 4.31 Å². The maximum Gasteiger partial charge on any atom is 0.324 e. The molecule has 124 valence electrons. The molecule has 7 nitrogen and oxygen atoms in total. The van der Waals surface area contributed by atoms with Gasteiger partial charge in [0.15, 0.2) is 0 Å². The van der Waals surface area contributed by atoms with E-state index in [1.54, 1.807) is 0 Å². The molecule has 0 saturated carbocycles. The molecule has 1 unspecified atom stereocenters. The van der Waals surface area contributed by atoms with Gasteiger partial charge in [0.2, 0.25) is 15.9 Å². The van der Waals surface area contributed by atoms with Gasteiger partial charge < -0.3 is 5.32 Å². The van der Waals surface area contributed by atoms with E-state index in [1.165, 1.54) is 4.31 Å². The third-order valence-electron chi connectivity index (χ3n) is 4.25. The molecule has 1 atom stereocenters. The lowest BCUT2D eigenvalue weighted by Gasteiger charge is -2.21. The van der Waals surface area contributed by atoms with Gasteiger partial charge in [0, 0.05) is 13.1 Å². The number of rotatable bonds is 5. The molecule has 2 aliphatic heterocycles. The molecule has 0 bridgehead atoms. The normalized spacial score (nSPS) is 22.6. The third kappa shape index (κ3) is 3.37. The number of sulfonamides is 1. The summed E-state index contributed by atoms with van der Waals surface area (Å²) < 4.78 is 26.3. The summed E-state index contributed by atoms with van der Waals surface area (Å²) in [7, 11) is -3.39. The highest BCUT2D eigenvalue weighted by atomic mass is 32.2. The molecule has 2 fully saturated rings. The number of imide groups is 1. The second kappa shape index (κ2) is 6.29. The fourth-order valence-corrected chi connectivity index (χ4v) is 4.53. The van der Waals surface area contributed by atoms with Crippen LogP contribution in [0.3, 0.4) is 0 Å². The second-order valence-electron chi connectivity index (χ2n) is 5.77. The smallest absolute Gasteiger partial charge is 0.324 e. The van der Waals surface area contributed by atoms with E-state index in [9.17, 15) is 18.0 Å². The van der Waals surface area contributed by atoms with Gasteiger partial charge in [-0.15, -0.1) is 0 Å². The van der Waals surface area contributed by atoms with Crippen molar-refractivity contribution >= 4 is 22.0 Å². The minimum absolute atomic E-state index is 0.00388. The Balaban J connectivity index is 1.61.